The second-order valence-corrected chi connectivity index (χ2v) is 9.34. The van der Waals surface area contributed by atoms with Gasteiger partial charge in [0.15, 0.2) is 0 Å². The molecule has 10 heteroatoms. The standard InChI is InChI=1S/C22H19BrN6O2S/c1-27-17-8-7-14(9-18(17)32-12-19(27)30)25-21-24-10-13-11-29(16-6-4-3-5-15(16)23)22(31)28(2)20(13)26-21/h3-10H,11-12H2,1-2H3,(H,24,25,26). The Labute approximate surface area is 197 Å². The van der Waals surface area contributed by atoms with Gasteiger partial charge < -0.3 is 10.2 Å². The molecule has 0 saturated carbocycles. The zero-order chi connectivity index (χ0) is 22.4. The number of aromatic nitrogens is 2. The van der Waals surface area contributed by atoms with E-state index in [1.54, 1.807) is 30.1 Å². The first kappa shape index (κ1) is 20.8. The van der Waals surface area contributed by atoms with Gasteiger partial charge in [0.05, 0.1) is 23.7 Å². The van der Waals surface area contributed by atoms with Gasteiger partial charge in [0.2, 0.25) is 11.9 Å². The van der Waals surface area contributed by atoms with E-state index in [1.807, 2.05) is 42.5 Å². The van der Waals surface area contributed by atoms with E-state index in [0.717, 1.165) is 32.0 Å². The maximum atomic E-state index is 13.0. The number of benzene rings is 2. The molecule has 0 unspecified atom stereocenters. The zero-order valence-electron chi connectivity index (χ0n) is 17.4. The highest BCUT2D eigenvalue weighted by atomic mass is 79.9. The minimum atomic E-state index is -0.160. The van der Waals surface area contributed by atoms with E-state index in [-0.39, 0.29) is 11.9 Å². The van der Waals surface area contributed by atoms with Crippen LogP contribution in [0.5, 0.6) is 0 Å². The van der Waals surface area contributed by atoms with Crippen molar-refractivity contribution >= 4 is 68.5 Å². The van der Waals surface area contributed by atoms with E-state index in [1.165, 1.54) is 16.7 Å². The number of nitrogens with zero attached hydrogens (tertiary/aromatic N) is 5. The average Bonchev–Trinajstić information content (AvgIpc) is 2.80. The summed E-state index contributed by atoms with van der Waals surface area (Å²) in [4.78, 5) is 39.9. The van der Waals surface area contributed by atoms with E-state index in [4.69, 9.17) is 0 Å². The summed E-state index contributed by atoms with van der Waals surface area (Å²) in [5, 5.41) is 3.22. The molecule has 0 bridgehead atoms. The number of carbonyl (C=O) groups is 2. The third-order valence-electron chi connectivity index (χ3n) is 5.45. The lowest BCUT2D eigenvalue weighted by Gasteiger charge is -2.34. The molecule has 2 aromatic carbocycles. The number of rotatable bonds is 3. The van der Waals surface area contributed by atoms with Crippen LogP contribution in [-0.4, -0.2) is 41.8 Å². The summed E-state index contributed by atoms with van der Waals surface area (Å²) in [5.41, 5.74) is 3.36. The highest BCUT2D eigenvalue weighted by molar-refractivity contribution is 9.10. The highest BCUT2D eigenvalue weighted by Crippen LogP contribution is 2.37. The van der Waals surface area contributed by atoms with Gasteiger partial charge in [0.1, 0.15) is 5.82 Å². The number of para-hydroxylation sites is 1. The van der Waals surface area contributed by atoms with Crippen molar-refractivity contribution in [3.63, 3.8) is 0 Å². The van der Waals surface area contributed by atoms with Gasteiger partial charge in [-0.2, -0.15) is 4.98 Å². The summed E-state index contributed by atoms with van der Waals surface area (Å²) in [6.45, 7) is 0.386. The van der Waals surface area contributed by atoms with Crippen LogP contribution in [0.25, 0.3) is 0 Å². The van der Waals surface area contributed by atoms with Gasteiger partial charge in [0, 0.05) is 40.9 Å². The summed E-state index contributed by atoms with van der Waals surface area (Å²) in [7, 11) is 3.49. The highest BCUT2D eigenvalue weighted by Gasteiger charge is 2.31. The monoisotopic (exact) mass is 510 g/mol. The normalized spacial score (nSPS) is 15.5. The number of amides is 3. The first-order chi connectivity index (χ1) is 15.4. The first-order valence-corrected chi connectivity index (χ1v) is 11.7. The molecule has 0 saturated heterocycles. The van der Waals surface area contributed by atoms with Crippen LogP contribution in [0, 0.1) is 0 Å². The quantitative estimate of drug-likeness (QED) is 0.553. The van der Waals surface area contributed by atoms with Gasteiger partial charge in [0.25, 0.3) is 0 Å². The van der Waals surface area contributed by atoms with Gasteiger partial charge in [-0.25, -0.2) is 9.78 Å². The Bertz CT molecular complexity index is 1250. The lowest BCUT2D eigenvalue weighted by molar-refractivity contribution is -0.116. The number of anilines is 5. The number of hydrogen-bond acceptors (Lipinski definition) is 6. The van der Waals surface area contributed by atoms with E-state index < -0.39 is 0 Å². The van der Waals surface area contributed by atoms with Crippen LogP contribution in [-0.2, 0) is 11.3 Å². The van der Waals surface area contributed by atoms with E-state index >= 15 is 0 Å². The number of nitrogens with one attached hydrogen (secondary N) is 1. The number of urea groups is 1. The molecular formula is C22H19BrN6O2S. The number of thioether (sulfide) groups is 1. The molecule has 1 aromatic heterocycles. The summed E-state index contributed by atoms with van der Waals surface area (Å²) in [5.74, 6) is 1.49. The smallest absolute Gasteiger partial charge is 0.324 e. The number of carbonyl (C=O) groups excluding carboxylic acids is 2. The molecule has 0 spiro atoms. The first-order valence-electron chi connectivity index (χ1n) is 9.88. The van der Waals surface area contributed by atoms with Gasteiger partial charge >= 0.3 is 6.03 Å². The molecule has 0 radical (unpaired) electrons. The summed E-state index contributed by atoms with van der Waals surface area (Å²) >= 11 is 5.04. The van der Waals surface area contributed by atoms with Crippen molar-refractivity contribution in [2.75, 3.05) is 39.9 Å². The van der Waals surface area contributed by atoms with Crippen molar-refractivity contribution < 1.29 is 9.59 Å². The summed E-state index contributed by atoms with van der Waals surface area (Å²) in [6, 6.07) is 13.2. The molecule has 162 valence electrons. The maximum absolute atomic E-state index is 13.0. The molecule has 32 heavy (non-hydrogen) atoms. The van der Waals surface area contributed by atoms with Gasteiger partial charge in [-0.05, 0) is 46.3 Å². The topological polar surface area (TPSA) is 81.7 Å². The van der Waals surface area contributed by atoms with Crippen molar-refractivity contribution in [3.8, 4) is 0 Å². The van der Waals surface area contributed by atoms with Crippen molar-refractivity contribution in [1.82, 2.24) is 9.97 Å². The van der Waals surface area contributed by atoms with Crippen LogP contribution in [0.4, 0.5) is 33.6 Å². The van der Waals surface area contributed by atoms with E-state index in [0.29, 0.717) is 24.1 Å². The van der Waals surface area contributed by atoms with Crippen LogP contribution < -0.4 is 20.0 Å². The predicted molar refractivity (Wildman–Crippen MR) is 130 cm³/mol. The van der Waals surface area contributed by atoms with Gasteiger partial charge in [-0.1, -0.05) is 12.1 Å². The third-order valence-corrected chi connectivity index (χ3v) is 7.15. The Hall–Kier alpha value is -3.11. The largest absolute Gasteiger partial charge is 0.330 e. The lowest BCUT2D eigenvalue weighted by atomic mass is 10.2. The molecular weight excluding hydrogens is 492 g/mol. The fourth-order valence-corrected chi connectivity index (χ4v) is 5.25. The maximum Gasteiger partial charge on any atom is 0.330 e. The number of hydrogen-bond donors (Lipinski definition) is 1. The van der Waals surface area contributed by atoms with E-state index in [2.05, 4.69) is 31.2 Å². The summed E-state index contributed by atoms with van der Waals surface area (Å²) in [6.07, 6.45) is 1.75. The van der Waals surface area contributed by atoms with Crippen LogP contribution in [0.3, 0.4) is 0 Å². The SMILES string of the molecule is CN1C(=O)CSc2cc(Nc3ncc4c(n3)N(C)C(=O)N(c3ccccc3Br)C4)ccc21. The molecule has 2 aliphatic rings. The molecule has 1 N–H and O–H groups in total. The van der Waals surface area contributed by atoms with Gasteiger partial charge in [-0.3, -0.25) is 14.6 Å². The molecule has 0 atom stereocenters. The molecule has 8 nitrogen and oxygen atoms in total. The molecule has 3 amide bonds. The molecule has 3 heterocycles. The van der Waals surface area contributed by atoms with Crippen molar-refractivity contribution in [1.29, 1.82) is 0 Å². The Morgan fingerprint density at radius 3 is 2.69 bits per heavy atom. The van der Waals surface area contributed by atoms with Crippen LogP contribution in [0.1, 0.15) is 5.56 Å². The molecule has 0 aliphatic carbocycles. The minimum Gasteiger partial charge on any atom is -0.324 e. The Morgan fingerprint density at radius 1 is 1.06 bits per heavy atom. The lowest BCUT2D eigenvalue weighted by Crippen LogP contribution is -2.46. The fraction of sp³-hybridized carbons (Fsp3) is 0.182. The van der Waals surface area contributed by atoms with Crippen molar-refractivity contribution in [2.24, 2.45) is 0 Å². The Kier molecular flexibility index (Phi) is 5.26. The Morgan fingerprint density at radius 2 is 1.88 bits per heavy atom. The van der Waals surface area contributed by atoms with Crippen LogP contribution in [0.2, 0.25) is 0 Å². The van der Waals surface area contributed by atoms with Crippen molar-refractivity contribution in [3.05, 3.63) is 58.7 Å². The molecule has 0 fully saturated rings. The summed E-state index contributed by atoms with van der Waals surface area (Å²) < 4.78 is 0.849. The van der Waals surface area contributed by atoms with Gasteiger partial charge in [-0.15, -0.1) is 11.8 Å². The second kappa shape index (κ2) is 8.10. The van der Waals surface area contributed by atoms with E-state index in [9.17, 15) is 9.59 Å². The minimum absolute atomic E-state index is 0.0884. The third kappa shape index (κ3) is 3.59. The second-order valence-electron chi connectivity index (χ2n) is 7.47. The van der Waals surface area contributed by atoms with Crippen LogP contribution >= 0.6 is 27.7 Å². The zero-order valence-corrected chi connectivity index (χ0v) is 19.8. The average molecular weight is 511 g/mol. The molecule has 3 aromatic rings. The Balaban J connectivity index is 1.41. The number of halogens is 1. The fourth-order valence-electron chi connectivity index (χ4n) is 3.71. The van der Waals surface area contributed by atoms with Crippen molar-refractivity contribution in [2.45, 2.75) is 11.4 Å². The van der Waals surface area contributed by atoms with Crippen LogP contribution in [0.15, 0.2) is 58.0 Å². The molecule has 5 rings (SSSR count). The predicted octanol–water partition coefficient (Wildman–Crippen LogP) is 4.63. The number of fused-ring (bicyclic) bond motifs is 2. The molecule has 2 aliphatic heterocycles.